The van der Waals surface area contributed by atoms with Crippen LogP contribution in [0.15, 0.2) is 0 Å². The van der Waals surface area contributed by atoms with Crippen LogP contribution in [0.5, 0.6) is 0 Å². The summed E-state index contributed by atoms with van der Waals surface area (Å²) in [6, 6.07) is 1.53. The average molecular weight is 279 g/mol. The van der Waals surface area contributed by atoms with Crippen LogP contribution in [0.4, 0.5) is 0 Å². The number of hydrogen-bond donors (Lipinski definition) is 1. The first-order valence-electron chi connectivity index (χ1n) is 8.79. The highest BCUT2D eigenvalue weighted by molar-refractivity contribution is 4.96. The molecule has 3 aliphatic rings. The smallest absolute Gasteiger partial charge is 0.0148 e. The molecule has 0 amide bonds. The van der Waals surface area contributed by atoms with Crippen LogP contribution in [0.2, 0.25) is 0 Å². The normalized spacial score (nSPS) is 39.6. The maximum atomic E-state index is 3.99. The van der Waals surface area contributed by atoms with Crippen LogP contribution in [0, 0.1) is 17.8 Å². The van der Waals surface area contributed by atoms with E-state index in [0.29, 0.717) is 0 Å². The van der Waals surface area contributed by atoms with E-state index in [1.54, 1.807) is 0 Å². The van der Waals surface area contributed by atoms with Gasteiger partial charge in [0.25, 0.3) is 0 Å². The fourth-order valence-electron chi connectivity index (χ4n) is 4.72. The summed E-state index contributed by atoms with van der Waals surface area (Å²) in [7, 11) is 2.26. The number of nitrogens with one attached hydrogen (secondary N) is 1. The highest BCUT2D eigenvalue weighted by atomic mass is 15.2. The quantitative estimate of drug-likeness (QED) is 0.849. The van der Waals surface area contributed by atoms with E-state index in [2.05, 4.69) is 36.0 Å². The van der Waals surface area contributed by atoms with E-state index in [4.69, 9.17) is 0 Å². The van der Waals surface area contributed by atoms with Gasteiger partial charge in [0.1, 0.15) is 0 Å². The summed E-state index contributed by atoms with van der Waals surface area (Å²) in [5.74, 6) is 2.71. The van der Waals surface area contributed by atoms with E-state index >= 15 is 0 Å². The topological polar surface area (TPSA) is 18.5 Å². The van der Waals surface area contributed by atoms with Gasteiger partial charge in [-0.2, -0.15) is 0 Å². The molecule has 0 radical (unpaired) electrons. The second kappa shape index (κ2) is 6.33. The van der Waals surface area contributed by atoms with Gasteiger partial charge < -0.3 is 15.1 Å². The van der Waals surface area contributed by atoms with Crippen LogP contribution >= 0.6 is 0 Å². The summed E-state index contributed by atoms with van der Waals surface area (Å²) in [6.45, 7) is 11.2. The lowest BCUT2D eigenvalue weighted by atomic mass is 9.73. The molecule has 0 aromatic heterocycles. The lowest BCUT2D eigenvalue weighted by Crippen LogP contribution is -2.58. The minimum absolute atomic E-state index is 0.725. The van der Waals surface area contributed by atoms with E-state index in [-0.39, 0.29) is 0 Å². The third kappa shape index (κ3) is 3.20. The van der Waals surface area contributed by atoms with Crippen molar-refractivity contribution < 1.29 is 0 Å². The predicted molar refractivity (Wildman–Crippen MR) is 84.9 cm³/mol. The molecule has 3 nitrogen and oxygen atoms in total. The maximum absolute atomic E-state index is 3.99. The number of fused-ring (bicyclic) bond motifs is 2. The Morgan fingerprint density at radius 2 is 1.75 bits per heavy atom. The van der Waals surface area contributed by atoms with Crippen molar-refractivity contribution in [2.24, 2.45) is 17.8 Å². The summed E-state index contributed by atoms with van der Waals surface area (Å²) >= 11 is 0. The second-order valence-electron chi connectivity index (χ2n) is 7.85. The van der Waals surface area contributed by atoms with Gasteiger partial charge in [-0.3, -0.25) is 0 Å². The van der Waals surface area contributed by atoms with Gasteiger partial charge in [0, 0.05) is 31.7 Å². The van der Waals surface area contributed by atoms with Gasteiger partial charge >= 0.3 is 0 Å². The molecule has 1 saturated carbocycles. The molecule has 1 N–H and O–H groups in total. The maximum Gasteiger partial charge on any atom is 0.0148 e. The van der Waals surface area contributed by atoms with Gasteiger partial charge in [0.2, 0.25) is 0 Å². The Morgan fingerprint density at radius 3 is 2.30 bits per heavy atom. The molecule has 2 heterocycles. The minimum atomic E-state index is 0.725. The van der Waals surface area contributed by atoms with Crippen molar-refractivity contribution in [1.29, 1.82) is 0 Å². The predicted octanol–water partition coefficient (Wildman–Crippen LogP) is 2.04. The molecular formula is C17H33N3. The summed E-state index contributed by atoms with van der Waals surface area (Å²) in [5.41, 5.74) is 0. The third-order valence-corrected chi connectivity index (χ3v) is 5.97. The zero-order valence-electron chi connectivity index (χ0n) is 13.6. The zero-order chi connectivity index (χ0) is 14.1. The molecule has 20 heavy (non-hydrogen) atoms. The van der Waals surface area contributed by atoms with Crippen molar-refractivity contribution in [2.75, 3.05) is 39.8 Å². The van der Waals surface area contributed by atoms with Gasteiger partial charge in [-0.05, 0) is 71.0 Å². The van der Waals surface area contributed by atoms with Gasteiger partial charge in [-0.1, -0.05) is 6.42 Å². The van der Waals surface area contributed by atoms with Crippen LogP contribution in [0.3, 0.4) is 0 Å². The van der Waals surface area contributed by atoms with Gasteiger partial charge in [-0.25, -0.2) is 0 Å². The van der Waals surface area contributed by atoms with Crippen LogP contribution in [-0.2, 0) is 0 Å². The van der Waals surface area contributed by atoms with Crippen LogP contribution in [-0.4, -0.2) is 61.7 Å². The van der Waals surface area contributed by atoms with E-state index < -0.39 is 0 Å². The molecule has 3 unspecified atom stereocenters. The standard InChI is InChI=1S/C17H33N3/c1-13(2)20-11-15-5-4-6-16(12-20)17(15)18-9-14-7-8-19(3)10-14/h13-18H,4-12H2,1-3H3. The van der Waals surface area contributed by atoms with Crippen LogP contribution < -0.4 is 5.32 Å². The van der Waals surface area contributed by atoms with E-state index in [1.807, 2.05) is 0 Å². The number of rotatable bonds is 4. The van der Waals surface area contributed by atoms with Crippen LogP contribution in [0.25, 0.3) is 0 Å². The average Bonchev–Trinajstić information content (AvgIpc) is 2.81. The minimum Gasteiger partial charge on any atom is -0.313 e. The number of hydrogen-bond acceptors (Lipinski definition) is 3. The number of nitrogens with zero attached hydrogens (tertiary/aromatic N) is 2. The van der Waals surface area contributed by atoms with Crippen molar-refractivity contribution in [3.05, 3.63) is 0 Å². The highest BCUT2D eigenvalue weighted by Crippen LogP contribution is 2.35. The molecule has 116 valence electrons. The summed E-state index contributed by atoms with van der Waals surface area (Å²) in [5, 5.41) is 3.99. The van der Waals surface area contributed by atoms with Crippen molar-refractivity contribution in [1.82, 2.24) is 15.1 Å². The molecule has 0 aromatic rings. The largest absolute Gasteiger partial charge is 0.313 e. The first-order chi connectivity index (χ1) is 9.63. The molecule has 2 bridgehead atoms. The van der Waals surface area contributed by atoms with Gasteiger partial charge in [0.15, 0.2) is 0 Å². The molecular weight excluding hydrogens is 246 g/mol. The Balaban J connectivity index is 1.54. The Hall–Kier alpha value is -0.120. The van der Waals surface area contributed by atoms with E-state index in [1.165, 1.54) is 58.4 Å². The van der Waals surface area contributed by atoms with Crippen molar-refractivity contribution >= 4 is 0 Å². The van der Waals surface area contributed by atoms with Crippen molar-refractivity contribution in [3.8, 4) is 0 Å². The fraction of sp³-hybridized carbons (Fsp3) is 1.00. The lowest BCUT2D eigenvalue weighted by Gasteiger charge is -2.49. The molecule has 0 spiro atoms. The zero-order valence-corrected chi connectivity index (χ0v) is 13.6. The van der Waals surface area contributed by atoms with Crippen molar-refractivity contribution in [2.45, 2.75) is 51.6 Å². The molecule has 1 aliphatic carbocycles. The summed E-state index contributed by atoms with van der Waals surface area (Å²) < 4.78 is 0. The van der Waals surface area contributed by atoms with Crippen molar-refractivity contribution in [3.63, 3.8) is 0 Å². The third-order valence-electron chi connectivity index (χ3n) is 5.97. The Bertz CT molecular complexity index is 303. The first-order valence-corrected chi connectivity index (χ1v) is 8.79. The van der Waals surface area contributed by atoms with E-state index in [0.717, 1.165) is 29.8 Å². The number of piperidine rings is 1. The Kier molecular flexibility index (Phi) is 4.68. The van der Waals surface area contributed by atoms with E-state index in [9.17, 15) is 0 Å². The number of likely N-dealkylation sites (tertiary alicyclic amines) is 2. The molecule has 2 aliphatic heterocycles. The Labute approximate surface area is 125 Å². The highest BCUT2D eigenvalue weighted by Gasteiger charge is 2.40. The summed E-state index contributed by atoms with van der Waals surface area (Å²) in [4.78, 5) is 5.20. The molecule has 3 atom stereocenters. The Morgan fingerprint density at radius 1 is 1.05 bits per heavy atom. The molecule has 2 saturated heterocycles. The second-order valence-corrected chi connectivity index (χ2v) is 7.85. The van der Waals surface area contributed by atoms with Gasteiger partial charge in [0.05, 0.1) is 0 Å². The fourth-order valence-corrected chi connectivity index (χ4v) is 4.72. The molecule has 3 rings (SSSR count). The first kappa shape index (κ1) is 14.8. The molecule has 0 aromatic carbocycles. The molecule has 3 heteroatoms. The molecule has 3 fully saturated rings. The van der Waals surface area contributed by atoms with Crippen LogP contribution in [0.1, 0.15) is 39.5 Å². The summed E-state index contributed by atoms with van der Waals surface area (Å²) in [6.07, 6.45) is 5.75. The SMILES string of the molecule is CC(C)N1CC2CCCC(C1)C2NCC1CCN(C)C1. The monoisotopic (exact) mass is 279 g/mol. The lowest BCUT2D eigenvalue weighted by molar-refractivity contribution is 0.0283. The van der Waals surface area contributed by atoms with Gasteiger partial charge in [-0.15, -0.1) is 0 Å².